The third kappa shape index (κ3) is 3.10. The molecule has 0 bridgehead atoms. The molecule has 0 amide bonds. The summed E-state index contributed by atoms with van der Waals surface area (Å²) in [5.41, 5.74) is 0. The summed E-state index contributed by atoms with van der Waals surface area (Å²) >= 11 is 0. The van der Waals surface area contributed by atoms with Gasteiger partial charge in [0.2, 0.25) is 0 Å². The van der Waals surface area contributed by atoms with Gasteiger partial charge in [0.1, 0.15) is 0 Å². The lowest BCUT2D eigenvalue weighted by atomic mass is 10.0. The summed E-state index contributed by atoms with van der Waals surface area (Å²) in [5, 5.41) is 9.00. The second-order valence-electron chi connectivity index (χ2n) is 3.65. The molecule has 0 saturated carbocycles. The fraction of sp³-hybridized carbons (Fsp3) is 0.800. The van der Waals surface area contributed by atoms with E-state index in [0.717, 1.165) is 0 Å². The Bertz CT molecular complexity index is 177. The van der Waals surface area contributed by atoms with E-state index in [4.69, 9.17) is 14.6 Å². The van der Waals surface area contributed by atoms with Crippen LogP contribution in [-0.4, -0.2) is 30.2 Å². The maximum absolute atomic E-state index is 9.00. The predicted molar refractivity (Wildman–Crippen MR) is 50.3 cm³/mol. The van der Waals surface area contributed by atoms with E-state index in [1.165, 1.54) is 0 Å². The average Bonchev–Trinajstić information content (AvgIpc) is 2.07. The Balaban J connectivity index is 2.48. The van der Waals surface area contributed by atoms with Gasteiger partial charge in [0, 0.05) is 5.92 Å². The van der Waals surface area contributed by atoms with E-state index in [0.29, 0.717) is 0 Å². The SMILES string of the molecule is CC(C)OC1C=CC(C)C(CO)O1. The van der Waals surface area contributed by atoms with Crippen molar-refractivity contribution in [2.75, 3.05) is 6.61 Å². The van der Waals surface area contributed by atoms with Crippen LogP contribution < -0.4 is 0 Å². The normalized spacial score (nSPS) is 34.1. The van der Waals surface area contributed by atoms with Crippen molar-refractivity contribution < 1.29 is 14.6 Å². The van der Waals surface area contributed by atoms with Crippen LogP contribution in [0.5, 0.6) is 0 Å². The molecule has 76 valence electrons. The second-order valence-corrected chi connectivity index (χ2v) is 3.65. The minimum Gasteiger partial charge on any atom is -0.394 e. The highest BCUT2D eigenvalue weighted by atomic mass is 16.7. The molecule has 3 atom stereocenters. The van der Waals surface area contributed by atoms with Crippen LogP contribution in [0.1, 0.15) is 20.8 Å². The Kier molecular flexibility index (Phi) is 3.90. The van der Waals surface area contributed by atoms with Gasteiger partial charge in [-0.25, -0.2) is 0 Å². The Morgan fingerprint density at radius 1 is 1.46 bits per heavy atom. The molecule has 0 fully saturated rings. The Labute approximate surface area is 79.3 Å². The first-order valence-corrected chi connectivity index (χ1v) is 4.73. The Hall–Kier alpha value is -0.380. The molecule has 1 rings (SSSR count). The molecule has 3 nitrogen and oxygen atoms in total. The molecule has 0 aromatic rings. The summed E-state index contributed by atoms with van der Waals surface area (Å²) in [6.45, 7) is 5.98. The highest BCUT2D eigenvalue weighted by Crippen LogP contribution is 2.19. The first kappa shape index (κ1) is 10.7. The number of hydrogen-bond acceptors (Lipinski definition) is 3. The highest BCUT2D eigenvalue weighted by Gasteiger charge is 2.24. The first-order valence-electron chi connectivity index (χ1n) is 4.73. The summed E-state index contributed by atoms with van der Waals surface area (Å²) in [4.78, 5) is 0. The van der Waals surface area contributed by atoms with Crippen LogP contribution in [0.15, 0.2) is 12.2 Å². The Morgan fingerprint density at radius 3 is 2.69 bits per heavy atom. The molecule has 1 aliphatic heterocycles. The summed E-state index contributed by atoms with van der Waals surface area (Å²) in [6.07, 6.45) is 3.64. The molecule has 1 N–H and O–H groups in total. The number of aliphatic hydroxyl groups is 1. The molecule has 13 heavy (non-hydrogen) atoms. The largest absolute Gasteiger partial charge is 0.394 e. The third-order valence-corrected chi connectivity index (χ3v) is 2.05. The first-order chi connectivity index (χ1) is 6.13. The van der Waals surface area contributed by atoms with E-state index in [-0.39, 0.29) is 31.0 Å². The molecule has 1 heterocycles. The lowest BCUT2D eigenvalue weighted by Gasteiger charge is -2.30. The van der Waals surface area contributed by atoms with Crippen molar-refractivity contribution in [3.63, 3.8) is 0 Å². The van der Waals surface area contributed by atoms with Crippen LogP contribution in [0.4, 0.5) is 0 Å². The van der Waals surface area contributed by atoms with Crippen LogP contribution in [0.3, 0.4) is 0 Å². The minimum atomic E-state index is -0.298. The quantitative estimate of drug-likeness (QED) is 0.676. The van der Waals surface area contributed by atoms with Crippen molar-refractivity contribution in [3.8, 4) is 0 Å². The van der Waals surface area contributed by atoms with Crippen LogP contribution in [-0.2, 0) is 9.47 Å². The molecule has 1 aliphatic rings. The maximum Gasteiger partial charge on any atom is 0.177 e. The van der Waals surface area contributed by atoms with Gasteiger partial charge in [-0.2, -0.15) is 0 Å². The molecule has 0 aromatic carbocycles. The molecular formula is C10H18O3. The van der Waals surface area contributed by atoms with Crippen molar-refractivity contribution in [2.24, 2.45) is 5.92 Å². The zero-order valence-electron chi connectivity index (χ0n) is 8.43. The summed E-state index contributed by atoms with van der Waals surface area (Å²) in [6, 6.07) is 0. The standard InChI is InChI=1S/C10H18O3/c1-7(2)12-10-5-4-8(3)9(6-11)13-10/h4-5,7-11H,6H2,1-3H3. The zero-order valence-corrected chi connectivity index (χ0v) is 8.43. The highest BCUT2D eigenvalue weighted by molar-refractivity contribution is 4.97. The Morgan fingerprint density at radius 2 is 2.15 bits per heavy atom. The van der Waals surface area contributed by atoms with Gasteiger partial charge in [0.15, 0.2) is 6.29 Å². The van der Waals surface area contributed by atoms with Gasteiger partial charge in [-0.1, -0.05) is 13.0 Å². The number of ether oxygens (including phenoxy) is 2. The van der Waals surface area contributed by atoms with Gasteiger partial charge in [0.25, 0.3) is 0 Å². The topological polar surface area (TPSA) is 38.7 Å². The van der Waals surface area contributed by atoms with Gasteiger partial charge < -0.3 is 14.6 Å². The minimum absolute atomic E-state index is 0.0451. The van der Waals surface area contributed by atoms with Crippen molar-refractivity contribution in [3.05, 3.63) is 12.2 Å². The van der Waals surface area contributed by atoms with E-state index >= 15 is 0 Å². The van der Waals surface area contributed by atoms with Crippen LogP contribution >= 0.6 is 0 Å². The van der Waals surface area contributed by atoms with Crippen molar-refractivity contribution in [2.45, 2.75) is 39.3 Å². The van der Waals surface area contributed by atoms with Gasteiger partial charge >= 0.3 is 0 Å². The van der Waals surface area contributed by atoms with Crippen molar-refractivity contribution in [1.82, 2.24) is 0 Å². The fourth-order valence-electron chi connectivity index (χ4n) is 1.29. The maximum atomic E-state index is 9.00. The van der Waals surface area contributed by atoms with Gasteiger partial charge in [0.05, 0.1) is 18.8 Å². The van der Waals surface area contributed by atoms with Crippen LogP contribution in [0.2, 0.25) is 0 Å². The average molecular weight is 186 g/mol. The summed E-state index contributed by atoms with van der Waals surface area (Å²) in [5.74, 6) is 0.261. The van der Waals surface area contributed by atoms with E-state index in [9.17, 15) is 0 Å². The number of rotatable bonds is 3. The van der Waals surface area contributed by atoms with Crippen molar-refractivity contribution in [1.29, 1.82) is 0 Å². The van der Waals surface area contributed by atoms with E-state index in [2.05, 4.69) is 0 Å². The van der Waals surface area contributed by atoms with E-state index in [1.807, 2.05) is 32.9 Å². The monoisotopic (exact) mass is 186 g/mol. The molecule has 0 aliphatic carbocycles. The molecule has 0 radical (unpaired) electrons. The summed E-state index contributed by atoms with van der Waals surface area (Å²) < 4.78 is 11.0. The van der Waals surface area contributed by atoms with Crippen molar-refractivity contribution >= 4 is 0 Å². The van der Waals surface area contributed by atoms with Crippen LogP contribution in [0.25, 0.3) is 0 Å². The van der Waals surface area contributed by atoms with Gasteiger partial charge in [-0.3, -0.25) is 0 Å². The third-order valence-electron chi connectivity index (χ3n) is 2.05. The fourth-order valence-corrected chi connectivity index (χ4v) is 1.29. The smallest absolute Gasteiger partial charge is 0.177 e. The van der Waals surface area contributed by atoms with Crippen LogP contribution in [0, 0.1) is 5.92 Å². The van der Waals surface area contributed by atoms with E-state index < -0.39 is 0 Å². The molecule has 0 aromatic heterocycles. The number of hydrogen-bond donors (Lipinski definition) is 1. The molecule has 0 spiro atoms. The molecule has 3 unspecified atom stereocenters. The number of aliphatic hydroxyl groups excluding tert-OH is 1. The summed E-state index contributed by atoms with van der Waals surface area (Å²) in [7, 11) is 0. The lowest BCUT2D eigenvalue weighted by Crippen LogP contribution is -2.35. The molecule has 0 saturated heterocycles. The molecule has 3 heteroatoms. The van der Waals surface area contributed by atoms with Gasteiger partial charge in [-0.15, -0.1) is 0 Å². The lowest BCUT2D eigenvalue weighted by molar-refractivity contribution is -0.182. The molecular weight excluding hydrogens is 168 g/mol. The predicted octanol–water partition coefficient (Wildman–Crippen LogP) is 1.32. The van der Waals surface area contributed by atoms with Gasteiger partial charge in [-0.05, 0) is 19.9 Å². The van der Waals surface area contributed by atoms with E-state index in [1.54, 1.807) is 0 Å². The zero-order chi connectivity index (χ0) is 9.84. The second kappa shape index (κ2) is 4.74.